The van der Waals surface area contributed by atoms with E-state index in [1.54, 1.807) is 0 Å². The highest BCUT2D eigenvalue weighted by atomic mass is 19.4. The normalized spacial score (nSPS) is 25.3. The fourth-order valence-corrected chi connectivity index (χ4v) is 1.64. The van der Waals surface area contributed by atoms with Crippen LogP contribution in [0.5, 0.6) is 0 Å². The van der Waals surface area contributed by atoms with Crippen molar-refractivity contribution in [1.29, 1.82) is 0 Å². The van der Waals surface area contributed by atoms with Gasteiger partial charge >= 0.3 is 6.18 Å². The van der Waals surface area contributed by atoms with Gasteiger partial charge in [-0.3, -0.25) is 4.90 Å². The molecule has 1 unspecified atom stereocenters. The van der Waals surface area contributed by atoms with Crippen LogP contribution in [-0.2, 0) is 0 Å². The number of nitrogens with one attached hydrogen (secondary N) is 1. The fraction of sp³-hybridized carbons (Fsp3) is 1.00. The van der Waals surface area contributed by atoms with Gasteiger partial charge in [0, 0.05) is 32.3 Å². The van der Waals surface area contributed by atoms with Crippen molar-refractivity contribution in [1.82, 2.24) is 10.2 Å². The molecule has 0 bridgehead atoms. The Morgan fingerprint density at radius 1 is 1.43 bits per heavy atom. The van der Waals surface area contributed by atoms with Crippen LogP contribution >= 0.6 is 0 Å². The van der Waals surface area contributed by atoms with E-state index in [2.05, 4.69) is 5.32 Å². The smallest absolute Gasteiger partial charge is 0.396 e. The first-order valence-electron chi connectivity index (χ1n) is 4.64. The Morgan fingerprint density at radius 2 is 2.14 bits per heavy atom. The van der Waals surface area contributed by atoms with E-state index in [9.17, 15) is 13.2 Å². The summed E-state index contributed by atoms with van der Waals surface area (Å²) in [5.41, 5.74) is 0. The molecule has 2 N–H and O–H groups in total. The molecule has 1 aliphatic heterocycles. The van der Waals surface area contributed by atoms with E-state index in [0.29, 0.717) is 26.1 Å². The molecule has 0 aromatic heterocycles. The lowest BCUT2D eigenvalue weighted by Crippen LogP contribution is -2.53. The Morgan fingerprint density at radius 3 is 2.71 bits per heavy atom. The minimum absolute atomic E-state index is 0.0114. The Labute approximate surface area is 80.9 Å². The van der Waals surface area contributed by atoms with E-state index in [1.165, 1.54) is 4.90 Å². The number of hydrogen-bond acceptors (Lipinski definition) is 3. The number of aliphatic hydroxyl groups is 1. The van der Waals surface area contributed by atoms with Crippen LogP contribution in [0.3, 0.4) is 0 Å². The van der Waals surface area contributed by atoms with Crippen LogP contribution in [0.4, 0.5) is 13.2 Å². The third kappa shape index (κ3) is 4.26. The standard InChI is InChI=1S/C8H15F3N2O/c9-8(10,11)6-13-3-2-12-7(5-13)1-4-14/h7,12,14H,1-6H2. The Kier molecular flexibility index (Phi) is 4.15. The Hall–Kier alpha value is -0.330. The van der Waals surface area contributed by atoms with Crippen LogP contribution in [0, 0.1) is 0 Å². The van der Waals surface area contributed by atoms with Gasteiger partial charge in [0.2, 0.25) is 0 Å². The highest BCUT2D eigenvalue weighted by molar-refractivity contribution is 4.79. The zero-order valence-corrected chi connectivity index (χ0v) is 7.85. The molecule has 1 rings (SSSR count). The van der Waals surface area contributed by atoms with Gasteiger partial charge in [0.15, 0.2) is 0 Å². The van der Waals surface area contributed by atoms with Crippen molar-refractivity contribution in [3.05, 3.63) is 0 Å². The molecule has 0 amide bonds. The molecule has 1 aliphatic rings. The summed E-state index contributed by atoms with van der Waals surface area (Å²) in [5.74, 6) is 0. The van der Waals surface area contributed by atoms with E-state index in [4.69, 9.17) is 5.11 Å². The summed E-state index contributed by atoms with van der Waals surface area (Å²) in [6.07, 6.45) is -3.62. The monoisotopic (exact) mass is 212 g/mol. The molecule has 84 valence electrons. The van der Waals surface area contributed by atoms with Crippen molar-refractivity contribution in [3.63, 3.8) is 0 Å². The number of hydrogen-bond donors (Lipinski definition) is 2. The second kappa shape index (κ2) is 4.95. The Balaban J connectivity index is 2.32. The van der Waals surface area contributed by atoms with E-state index >= 15 is 0 Å². The second-order valence-corrected chi connectivity index (χ2v) is 3.51. The summed E-state index contributed by atoms with van der Waals surface area (Å²) in [4.78, 5) is 1.37. The Bertz CT molecular complexity index is 172. The van der Waals surface area contributed by atoms with Crippen LogP contribution < -0.4 is 5.32 Å². The molecule has 0 radical (unpaired) electrons. The molecular weight excluding hydrogens is 197 g/mol. The number of halogens is 3. The largest absolute Gasteiger partial charge is 0.401 e. The van der Waals surface area contributed by atoms with E-state index < -0.39 is 12.7 Å². The van der Waals surface area contributed by atoms with Crippen molar-refractivity contribution >= 4 is 0 Å². The van der Waals surface area contributed by atoms with Gasteiger partial charge in [-0.1, -0.05) is 0 Å². The van der Waals surface area contributed by atoms with E-state index in [-0.39, 0.29) is 12.6 Å². The van der Waals surface area contributed by atoms with E-state index in [1.807, 2.05) is 0 Å². The molecule has 0 aromatic carbocycles. The second-order valence-electron chi connectivity index (χ2n) is 3.51. The molecule has 0 spiro atoms. The minimum Gasteiger partial charge on any atom is -0.396 e. The van der Waals surface area contributed by atoms with Gasteiger partial charge in [0.25, 0.3) is 0 Å². The van der Waals surface area contributed by atoms with Gasteiger partial charge in [0.1, 0.15) is 0 Å². The summed E-state index contributed by atoms with van der Waals surface area (Å²) in [6, 6.07) is -0.0175. The summed E-state index contributed by atoms with van der Waals surface area (Å²) in [6.45, 7) is 0.496. The highest BCUT2D eigenvalue weighted by Crippen LogP contribution is 2.17. The van der Waals surface area contributed by atoms with Gasteiger partial charge in [-0.15, -0.1) is 0 Å². The van der Waals surface area contributed by atoms with Gasteiger partial charge in [-0.2, -0.15) is 13.2 Å². The van der Waals surface area contributed by atoms with Crippen molar-refractivity contribution in [2.24, 2.45) is 0 Å². The van der Waals surface area contributed by atoms with Crippen LogP contribution in [0.15, 0.2) is 0 Å². The topological polar surface area (TPSA) is 35.5 Å². The summed E-state index contributed by atoms with van der Waals surface area (Å²) >= 11 is 0. The molecule has 1 fully saturated rings. The maximum absolute atomic E-state index is 12.0. The first kappa shape index (κ1) is 11.7. The molecule has 0 aliphatic carbocycles. The van der Waals surface area contributed by atoms with Crippen LogP contribution in [-0.4, -0.2) is 55.0 Å². The molecule has 1 saturated heterocycles. The molecule has 0 saturated carbocycles. The molecule has 0 aromatic rings. The molecule has 6 heteroatoms. The zero-order valence-electron chi connectivity index (χ0n) is 7.85. The summed E-state index contributed by atoms with van der Waals surface area (Å²) in [7, 11) is 0. The van der Waals surface area contributed by atoms with Crippen molar-refractivity contribution < 1.29 is 18.3 Å². The summed E-state index contributed by atoms with van der Waals surface area (Å²) < 4.78 is 36.1. The number of alkyl halides is 3. The quantitative estimate of drug-likeness (QED) is 0.701. The third-order valence-electron chi connectivity index (χ3n) is 2.22. The predicted molar refractivity (Wildman–Crippen MR) is 46.0 cm³/mol. The maximum atomic E-state index is 12.0. The maximum Gasteiger partial charge on any atom is 0.401 e. The van der Waals surface area contributed by atoms with Crippen molar-refractivity contribution in [3.8, 4) is 0 Å². The lowest BCUT2D eigenvalue weighted by atomic mass is 10.1. The summed E-state index contributed by atoms with van der Waals surface area (Å²) in [5, 5.41) is 11.7. The number of nitrogens with zero attached hydrogens (tertiary/aromatic N) is 1. The predicted octanol–water partition coefficient (Wildman–Crippen LogP) is 0.205. The molecule has 1 heterocycles. The SMILES string of the molecule is OCCC1CN(CC(F)(F)F)CCN1. The van der Waals surface area contributed by atoms with Crippen molar-refractivity contribution in [2.75, 3.05) is 32.8 Å². The molecule has 14 heavy (non-hydrogen) atoms. The number of piperazine rings is 1. The average molecular weight is 212 g/mol. The minimum atomic E-state index is -4.12. The fourth-order valence-electron chi connectivity index (χ4n) is 1.64. The van der Waals surface area contributed by atoms with Gasteiger partial charge in [0.05, 0.1) is 6.54 Å². The van der Waals surface area contributed by atoms with Crippen LogP contribution in [0.25, 0.3) is 0 Å². The van der Waals surface area contributed by atoms with E-state index in [0.717, 1.165) is 0 Å². The van der Waals surface area contributed by atoms with Gasteiger partial charge in [-0.25, -0.2) is 0 Å². The first-order chi connectivity index (χ1) is 6.51. The van der Waals surface area contributed by atoms with Crippen LogP contribution in [0.2, 0.25) is 0 Å². The van der Waals surface area contributed by atoms with Crippen molar-refractivity contribution in [2.45, 2.75) is 18.6 Å². The average Bonchev–Trinajstić information content (AvgIpc) is 2.02. The molecular formula is C8H15F3N2O. The third-order valence-corrected chi connectivity index (χ3v) is 2.22. The highest BCUT2D eigenvalue weighted by Gasteiger charge is 2.32. The lowest BCUT2D eigenvalue weighted by Gasteiger charge is -2.33. The van der Waals surface area contributed by atoms with Gasteiger partial charge < -0.3 is 10.4 Å². The van der Waals surface area contributed by atoms with Gasteiger partial charge in [-0.05, 0) is 6.42 Å². The first-order valence-corrected chi connectivity index (χ1v) is 4.64. The van der Waals surface area contributed by atoms with Crippen LogP contribution in [0.1, 0.15) is 6.42 Å². The zero-order chi connectivity index (χ0) is 10.6. The molecule has 1 atom stereocenters. The number of aliphatic hydroxyl groups excluding tert-OH is 1. The molecule has 3 nitrogen and oxygen atoms in total. The lowest BCUT2D eigenvalue weighted by molar-refractivity contribution is -0.148. The number of rotatable bonds is 3.